The van der Waals surface area contributed by atoms with E-state index < -0.39 is 74.5 Å². The molecular weight excluding hydrogens is 633 g/mol. The standard InChI is InChI=1S/C22H20F4IN5O4S/c1-10(33)9-30-37(35,36)32-22-18(25)11(4-5-29-22)6-12-7-14(21(28)34)20(19(26)17(12)24)31-16-3-2-13(27)8-15(16)23/h2-5,7-8,10,30-31,33H,6,9H2,1H3,(H2,28,34)(H,29,32). The minimum absolute atomic E-state index is 0.240. The zero-order valence-electron chi connectivity index (χ0n) is 19.0. The SMILES string of the molecule is CC(O)CNS(=O)(=O)Nc1nccc(Cc2cc(C(N)=O)c(Nc3ccc(I)cc3F)c(F)c2F)c1F. The summed E-state index contributed by atoms with van der Waals surface area (Å²) in [5.74, 6) is -6.89. The molecule has 15 heteroatoms. The lowest BCUT2D eigenvalue weighted by Crippen LogP contribution is -2.35. The molecule has 1 amide bonds. The summed E-state index contributed by atoms with van der Waals surface area (Å²) in [6, 6.07) is 5.88. The number of nitrogens with one attached hydrogen (secondary N) is 3. The predicted octanol–water partition coefficient (Wildman–Crippen LogP) is 3.30. The molecule has 0 radical (unpaired) electrons. The maximum atomic E-state index is 15.0. The summed E-state index contributed by atoms with van der Waals surface area (Å²) in [5, 5.41) is 11.6. The van der Waals surface area contributed by atoms with Crippen molar-refractivity contribution in [2.75, 3.05) is 16.6 Å². The molecule has 9 nitrogen and oxygen atoms in total. The fourth-order valence-corrected chi connectivity index (χ4v) is 4.52. The molecule has 1 atom stereocenters. The Balaban J connectivity index is 1.97. The van der Waals surface area contributed by atoms with Crippen LogP contribution in [0.25, 0.3) is 0 Å². The van der Waals surface area contributed by atoms with Gasteiger partial charge < -0.3 is 16.2 Å². The summed E-state index contributed by atoms with van der Waals surface area (Å²) in [5.41, 5.74) is 3.09. The average Bonchev–Trinajstić information content (AvgIpc) is 2.81. The quantitative estimate of drug-likeness (QED) is 0.168. The molecule has 198 valence electrons. The Bertz CT molecular complexity index is 1460. The highest BCUT2D eigenvalue weighted by atomic mass is 127. The Morgan fingerprint density at radius 3 is 2.43 bits per heavy atom. The topological polar surface area (TPSA) is 146 Å². The highest BCUT2D eigenvalue weighted by Gasteiger charge is 2.24. The van der Waals surface area contributed by atoms with Crippen molar-refractivity contribution in [3.8, 4) is 0 Å². The van der Waals surface area contributed by atoms with E-state index in [1.165, 1.54) is 19.1 Å². The van der Waals surface area contributed by atoms with Crippen LogP contribution in [0.2, 0.25) is 0 Å². The van der Waals surface area contributed by atoms with Gasteiger partial charge in [0.25, 0.3) is 16.1 Å². The Hall–Kier alpha value is -3.02. The largest absolute Gasteiger partial charge is 0.392 e. The number of aromatic nitrogens is 1. The van der Waals surface area contributed by atoms with Crippen LogP contribution in [-0.2, 0) is 16.6 Å². The molecule has 0 spiro atoms. The second-order valence-electron chi connectivity index (χ2n) is 7.81. The van der Waals surface area contributed by atoms with Gasteiger partial charge in [-0.3, -0.25) is 9.52 Å². The number of benzene rings is 2. The molecule has 1 heterocycles. The fourth-order valence-electron chi connectivity index (χ4n) is 3.14. The predicted molar refractivity (Wildman–Crippen MR) is 137 cm³/mol. The van der Waals surface area contributed by atoms with Crippen LogP contribution >= 0.6 is 22.6 Å². The van der Waals surface area contributed by atoms with E-state index in [9.17, 15) is 31.5 Å². The maximum absolute atomic E-state index is 15.0. The molecule has 1 unspecified atom stereocenters. The first-order valence-electron chi connectivity index (χ1n) is 10.4. The van der Waals surface area contributed by atoms with Crippen molar-refractivity contribution in [3.63, 3.8) is 0 Å². The Morgan fingerprint density at radius 2 is 1.81 bits per heavy atom. The number of primary amides is 1. The Kier molecular flexibility index (Phi) is 8.93. The average molecular weight is 653 g/mol. The van der Waals surface area contributed by atoms with E-state index >= 15 is 4.39 Å². The number of nitrogens with two attached hydrogens (primary N) is 1. The van der Waals surface area contributed by atoms with E-state index in [0.29, 0.717) is 3.57 Å². The van der Waals surface area contributed by atoms with Gasteiger partial charge in [-0.15, -0.1) is 0 Å². The minimum atomic E-state index is -4.31. The normalized spacial score (nSPS) is 12.3. The number of anilines is 3. The van der Waals surface area contributed by atoms with E-state index in [4.69, 9.17) is 5.73 Å². The Labute approximate surface area is 222 Å². The van der Waals surface area contributed by atoms with Crippen LogP contribution in [0.4, 0.5) is 34.8 Å². The summed E-state index contributed by atoms with van der Waals surface area (Å²) in [7, 11) is -4.31. The van der Waals surface area contributed by atoms with Gasteiger partial charge >= 0.3 is 0 Å². The van der Waals surface area contributed by atoms with Crippen LogP contribution < -0.4 is 20.5 Å². The molecule has 0 saturated heterocycles. The number of halogens is 5. The van der Waals surface area contributed by atoms with E-state index in [0.717, 1.165) is 24.4 Å². The summed E-state index contributed by atoms with van der Waals surface area (Å²) in [6.45, 7) is 0.970. The number of aliphatic hydroxyl groups is 1. The zero-order chi connectivity index (χ0) is 27.5. The van der Waals surface area contributed by atoms with Crippen LogP contribution in [0, 0.1) is 26.8 Å². The van der Waals surface area contributed by atoms with Crippen molar-refractivity contribution in [1.82, 2.24) is 9.71 Å². The first kappa shape index (κ1) is 28.5. The van der Waals surface area contributed by atoms with Gasteiger partial charge in [-0.05, 0) is 71.0 Å². The first-order chi connectivity index (χ1) is 17.3. The van der Waals surface area contributed by atoms with Crippen molar-refractivity contribution in [1.29, 1.82) is 0 Å². The maximum Gasteiger partial charge on any atom is 0.300 e. The summed E-state index contributed by atoms with van der Waals surface area (Å²) in [4.78, 5) is 15.6. The number of carbonyl (C=O) groups is 1. The van der Waals surface area contributed by atoms with Gasteiger partial charge in [0.2, 0.25) is 0 Å². The molecule has 37 heavy (non-hydrogen) atoms. The second-order valence-corrected chi connectivity index (χ2v) is 10.6. The highest BCUT2D eigenvalue weighted by Crippen LogP contribution is 2.32. The molecule has 3 rings (SSSR count). The third-order valence-corrected chi connectivity index (χ3v) is 6.57. The number of hydrogen-bond acceptors (Lipinski definition) is 6. The van der Waals surface area contributed by atoms with Gasteiger partial charge in [0.1, 0.15) is 5.82 Å². The molecule has 6 N–H and O–H groups in total. The van der Waals surface area contributed by atoms with Crippen molar-refractivity contribution in [2.24, 2.45) is 5.73 Å². The number of rotatable bonds is 10. The fraction of sp³-hybridized carbons (Fsp3) is 0.182. The zero-order valence-corrected chi connectivity index (χ0v) is 21.9. The van der Waals surface area contributed by atoms with Crippen molar-refractivity contribution in [3.05, 3.63) is 80.1 Å². The summed E-state index contributed by atoms with van der Waals surface area (Å²) < 4.78 is 87.7. The first-order valence-corrected chi connectivity index (χ1v) is 13.0. The lowest BCUT2D eigenvalue weighted by atomic mass is 10.00. The van der Waals surface area contributed by atoms with Crippen molar-refractivity contribution in [2.45, 2.75) is 19.4 Å². The summed E-state index contributed by atoms with van der Waals surface area (Å²) >= 11 is 1.85. The van der Waals surface area contributed by atoms with E-state index in [-0.39, 0.29) is 17.8 Å². The van der Waals surface area contributed by atoms with Gasteiger partial charge in [-0.2, -0.15) is 13.1 Å². The van der Waals surface area contributed by atoms with E-state index in [1.54, 1.807) is 0 Å². The van der Waals surface area contributed by atoms with Gasteiger partial charge in [-0.25, -0.2) is 22.5 Å². The number of amides is 1. The molecular formula is C22H20F4IN5O4S. The molecule has 0 aliphatic heterocycles. The molecule has 0 aliphatic rings. The third-order valence-electron chi connectivity index (χ3n) is 4.89. The smallest absolute Gasteiger partial charge is 0.300 e. The molecule has 1 aromatic heterocycles. The Morgan fingerprint density at radius 1 is 1.11 bits per heavy atom. The highest BCUT2D eigenvalue weighted by molar-refractivity contribution is 14.1. The van der Waals surface area contributed by atoms with Gasteiger partial charge in [0, 0.05) is 22.7 Å². The molecule has 0 bridgehead atoms. The molecule has 0 saturated carbocycles. The minimum Gasteiger partial charge on any atom is -0.392 e. The van der Waals surface area contributed by atoms with Crippen molar-refractivity contribution >= 4 is 55.9 Å². The van der Waals surface area contributed by atoms with Gasteiger partial charge in [-0.1, -0.05) is 0 Å². The number of aliphatic hydroxyl groups excluding tert-OH is 1. The van der Waals surface area contributed by atoms with Gasteiger partial charge in [0.05, 0.1) is 23.0 Å². The number of hydrogen-bond donors (Lipinski definition) is 5. The van der Waals surface area contributed by atoms with Crippen molar-refractivity contribution < 1.29 is 35.9 Å². The monoisotopic (exact) mass is 653 g/mol. The second kappa shape index (κ2) is 11.6. The van der Waals surface area contributed by atoms with Crippen LogP contribution in [0.5, 0.6) is 0 Å². The summed E-state index contributed by atoms with van der Waals surface area (Å²) in [6.07, 6.45) is -0.604. The van der Waals surface area contributed by atoms with Crippen LogP contribution in [-0.4, -0.2) is 37.1 Å². The van der Waals surface area contributed by atoms with Crippen LogP contribution in [0.1, 0.15) is 28.4 Å². The van der Waals surface area contributed by atoms with Crippen LogP contribution in [0.3, 0.4) is 0 Å². The number of carbonyl (C=O) groups excluding carboxylic acids is 1. The van der Waals surface area contributed by atoms with Gasteiger partial charge in [0.15, 0.2) is 23.3 Å². The number of nitrogens with zero attached hydrogens (tertiary/aromatic N) is 1. The molecule has 0 aliphatic carbocycles. The lowest BCUT2D eigenvalue weighted by molar-refractivity contribution is 0.100. The lowest BCUT2D eigenvalue weighted by Gasteiger charge is -2.16. The van der Waals surface area contributed by atoms with E-state index in [1.807, 2.05) is 32.0 Å². The molecule has 2 aromatic carbocycles. The molecule has 0 fully saturated rings. The third kappa shape index (κ3) is 7.06. The number of pyridine rings is 1. The van der Waals surface area contributed by atoms with Crippen LogP contribution in [0.15, 0.2) is 36.5 Å². The molecule has 3 aromatic rings. The van der Waals surface area contributed by atoms with E-state index in [2.05, 4.69) is 10.3 Å².